The highest BCUT2D eigenvalue weighted by Gasteiger charge is 2.38. The minimum Gasteiger partial charge on any atom is -0.329 e. The van der Waals surface area contributed by atoms with Crippen molar-refractivity contribution < 1.29 is 0 Å². The van der Waals surface area contributed by atoms with Gasteiger partial charge in [-0.2, -0.15) is 0 Å². The smallest absolute Gasteiger partial charge is 0.0309 e. The molecule has 94 valence electrons. The van der Waals surface area contributed by atoms with Crippen LogP contribution in [-0.4, -0.2) is 18.1 Å². The molecule has 2 saturated carbocycles. The van der Waals surface area contributed by atoms with Gasteiger partial charge < -0.3 is 11.1 Å². The summed E-state index contributed by atoms with van der Waals surface area (Å²) in [4.78, 5) is 0. The molecular formula is C14H28N2. The van der Waals surface area contributed by atoms with Gasteiger partial charge in [-0.25, -0.2) is 0 Å². The lowest BCUT2D eigenvalue weighted by molar-refractivity contribution is 0.248. The molecule has 2 aliphatic rings. The molecule has 0 aliphatic heterocycles. The van der Waals surface area contributed by atoms with Gasteiger partial charge in [-0.15, -0.1) is 0 Å². The van der Waals surface area contributed by atoms with E-state index in [-0.39, 0.29) is 0 Å². The van der Waals surface area contributed by atoms with Crippen LogP contribution in [0.15, 0.2) is 0 Å². The predicted molar refractivity (Wildman–Crippen MR) is 69.4 cm³/mol. The fourth-order valence-electron chi connectivity index (χ4n) is 3.64. The zero-order valence-corrected chi connectivity index (χ0v) is 10.8. The molecule has 16 heavy (non-hydrogen) atoms. The number of rotatable bonds is 4. The lowest BCUT2D eigenvalue weighted by atomic mass is 9.89. The molecule has 2 unspecified atom stereocenters. The fourth-order valence-corrected chi connectivity index (χ4v) is 3.64. The maximum atomic E-state index is 6.04. The normalized spacial score (nSPS) is 36.8. The fraction of sp³-hybridized carbons (Fsp3) is 1.00. The maximum absolute atomic E-state index is 6.04. The Labute approximate surface area is 100 Å². The van der Waals surface area contributed by atoms with E-state index in [2.05, 4.69) is 12.2 Å². The monoisotopic (exact) mass is 224 g/mol. The van der Waals surface area contributed by atoms with Crippen LogP contribution in [0.3, 0.4) is 0 Å². The zero-order chi connectivity index (χ0) is 11.4. The van der Waals surface area contributed by atoms with Gasteiger partial charge in [0.05, 0.1) is 0 Å². The molecule has 0 aromatic rings. The molecule has 0 heterocycles. The van der Waals surface area contributed by atoms with Gasteiger partial charge in [0, 0.05) is 18.1 Å². The zero-order valence-electron chi connectivity index (χ0n) is 10.8. The summed E-state index contributed by atoms with van der Waals surface area (Å²) in [6.45, 7) is 3.15. The van der Waals surface area contributed by atoms with Crippen molar-refractivity contribution in [2.75, 3.05) is 6.54 Å². The van der Waals surface area contributed by atoms with Crippen molar-refractivity contribution >= 4 is 0 Å². The van der Waals surface area contributed by atoms with E-state index in [0.29, 0.717) is 5.54 Å². The lowest BCUT2D eigenvalue weighted by Gasteiger charge is -2.36. The molecule has 2 heteroatoms. The standard InChI is InChI=1S/C14H28N2/c1-2-12-8-9-14(10-12,11-15)16-13-6-4-3-5-7-13/h12-13,16H,2-11,15H2,1H3. The molecule has 2 nitrogen and oxygen atoms in total. The SMILES string of the molecule is CCC1CCC(CN)(NC2CCCCC2)C1. The molecule has 0 aromatic heterocycles. The molecule has 2 atom stereocenters. The van der Waals surface area contributed by atoms with Gasteiger partial charge in [-0.05, 0) is 38.0 Å². The molecular weight excluding hydrogens is 196 g/mol. The Hall–Kier alpha value is -0.0800. The first-order chi connectivity index (χ1) is 7.78. The summed E-state index contributed by atoms with van der Waals surface area (Å²) in [6, 6.07) is 0.757. The van der Waals surface area contributed by atoms with Crippen molar-refractivity contribution in [1.82, 2.24) is 5.32 Å². The lowest BCUT2D eigenvalue weighted by Crippen LogP contribution is -2.54. The number of nitrogens with one attached hydrogen (secondary N) is 1. The van der Waals surface area contributed by atoms with Crippen molar-refractivity contribution in [2.24, 2.45) is 11.7 Å². The molecule has 0 radical (unpaired) electrons. The van der Waals surface area contributed by atoms with Crippen LogP contribution in [0.1, 0.15) is 64.7 Å². The van der Waals surface area contributed by atoms with Crippen LogP contribution in [-0.2, 0) is 0 Å². The van der Waals surface area contributed by atoms with E-state index in [9.17, 15) is 0 Å². The van der Waals surface area contributed by atoms with Crippen LogP contribution < -0.4 is 11.1 Å². The molecule has 2 rings (SSSR count). The summed E-state index contributed by atoms with van der Waals surface area (Å²) in [6.07, 6.45) is 12.3. The van der Waals surface area contributed by atoms with Crippen LogP contribution in [0.5, 0.6) is 0 Å². The first-order valence-corrected chi connectivity index (χ1v) is 7.26. The molecule has 0 amide bonds. The van der Waals surface area contributed by atoms with Crippen molar-refractivity contribution in [1.29, 1.82) is 0 Å². The molecule has 0 bridgehead atoms. The average molecular weight is 224 g/mol. The van der Waals surface area contributed by atoms with E-state index in [1.54, 1.807) is 0 Å². The summed E-state index contributed by atoms with van der Waals surface area (Å²) in [7, 11) is 0. The quantitative estimate of drug-likeness (QED) is 0.770. The summed E-state index contributed by atoms with van der Waals surface area (Å²) < 4.78 is 0. The molecule has 2 fully saturated rings. The average Bonchev–Trinajstić information content (AvgIpc) is 2.75. The minimum atomic E-state index is 0.294. The van der Waals surface area contributed by atoms with Crippen molar-refractivity contribution in [3.63, 3.8) is 0 Å². The van der Waals surface area contributed by atoms with E-state index in [1.807, 2.05) is 0 Å². The predicted octanol–water partition coefficient (Wildman–Crippen LogP) is 2.82. The van der Waals surface area contributed by atoms with Crippen LogP contribution >= 0.6 is 0 Å². The van der Waals surface area contributed by atoms with E-state index in [0.717, 1.165) is 18.5 Å². The molecule has 3 N–H and O–H groups in total. The molecule has 0 saturated heterocycles. The van der Waals surface area contributed by atoms with Gasteiger partial charge in [0.25, 0.3) is 0 Å². The van der Waals surface area contributed by atoms with E-state index in [1.165, 1.54) is 57.8 Å². The second kappa shape index (κ2) is 5.50. The number of hydrogen-bond acceptors (Lipinski definition) is 2. The number of hydrogen-bond donors (Lipinski definition) is 2. The molecule has 2 aliphatic carbocycles. The Balaban J connectivity index is 1.89. The minimum absolute atomic E-state index is 0.294. The third kappa shape index (κ3) is 2.78. The maximum Gasteiger partial charge on any atom is 0.0309 e. The largest absolute Gasteiger partial charge is 0.329 e. The second-order valence-electron chi connectivity index (χ2n) is 5.98. The number of nitrogens with two attached hydrogens (primary N) is 1. The highest BCUT2D eigenvalue weighted by atomic mass is 15.0. The van der Waals surface area contributed by atoms with Crippen LogP contribution in [0.25, 0.3) is 0 Å². The Morgan fingerprint density at radius 1 is 1.19 bits per heavy atom. The van der Waals surface area contributed by atoms with Crippen LogP contribution in [0, 0.1) is 5.92 Å². The van der Waals surface area contributed by atoms with E-state index >= 15 is 0 Å². The Morgan fingerprint density at radius 2 is 1.94 bits per heavy atom. The van der Waals surface area contributed by atoms with Gasteiger partial charge in [0.15, 0.2) is 0 Å². The highest BCUT2D eigenvalue weighted by Crippen LogP contribution is 2.37. The van der Waals surface area contributed by atoms with Crippen molar-refractivity contribution in [2.45, 2.75) is 76.3 Å². The molecule has 0 spiro atoms. The third-order valence-corrected chi connectivity index (χ3v) is 4.79. The summed E-state index contributed by atoms with van der Waals surface area (Å²) in [5.74, 6) is 0.916. The second-order valence-corrected chi connectivity index (χ2v) is 5.98. The van der Waals surface area contributed by atoms with Crippen LogP contribution in [0.4, 0.5) is 0 Å². The summed E-state index contributed by atoms with van der Waals surface area (Å²) in [5.41, 5.74) is 6.33. The summed E-state index contributed by atoms with van der Waals surface area (Å²) in [5, 5.41) is 3.92. The van der Waals surface area contributed by atoms with Crippen molar-refractivity contribution in [3.8, 4) is 0 Å². The highest BCUT2D eigenvalue weighted by molar-refractivity contribution is 4.98. The summed E-state index contributed by atoms with van der Waals surface area (Å²) >= 11 is 0. The molecule has 0 aromatic carbocycles. The third-order valence-electron chi connectivity index (χ3n) is 4.79. The van der Waals surface area contributed by atoms with Gasteiger partial charge >= 0.3 is 0 Å². The van der Waals surface area contributed by atoms with Crippen LogP contribution in [0.2, 0.25) is 0 Å². The Kier molecular flexibility index (Phi) is 4.26. The first kappa shape index (κ1) is 12.4. The Bertz CT molecular complexity index is 211. The first-order valence-electron chi connectivity index (χ1n) is 7.26. The van der Waals surface area contributed by atoms with E-state index in [4.69, 9.17) is 5.73 Å². The Morgan fingerprint density at radius 3 is 2.50 bits per heavy atom. The topological polar surface area (TPSA) is 38.0 Å². The van der Waals surface area contributed by atoms with Gasteiger partial charge in [0.1, 0.15) is 0 Å². The van der Waals surface area contributed by atoms with Crippen molar-refractivity contribution in [3.05, 3.63) is 0 Å². The van der Waals surface area contributed by atoms with Gasteiger partial charge in [0.2, 0.25) is 0 Å². The van der Waals surface area contributed by atoms with Gasteiger partial charge in [-0.1, -0.05) is 32.6 Å². The van der Waals surface area contributed by atoms with Gasteiger partial charge in [-0.3, -0.25) is 0 Å². The van der Waals surface area contributed by atoms with E-state index < -0.39 is 0 Å².